The summed E-state index contributed by atoms with van der Waals surface area (Å²) in [5, 5.41) is -0.192. The van der Waals surface area contributed by atoms with Crippen LogP contribution in [0.2, 0.25) is 5.02 Å². The molecule has 1 aliphatic rings. The van der Waals surface area contributed by atoms with E-state index in [-0.39, 0.29) is 22.5 Å². The molecule has 19 heavy (non-hydrogen) atoms. The molecule has 1 aromatic carbocycles. The molecule has 1 atom stereocenters. The Morgan fingerprint density at radius 2 is 2.16 bits per heavy atom. The van der Waals surface area contributed by atoms with E-state index in [0.29, 0.717) is 6.54 Å². The lowest BCUT2D eigenvalue weighted by Crippen LogP contribution is -2.47. The monoisotopic (exact) mass is 306 g/mol. The molecule has 1 fully saturated rings. The van der Waals surface area contributed by atoms with Gasteiger partial charge in [0.1, 0.15) is 5.82 Å². The summed E-state index contributed by atoms with van der Waals surface area (Å²) < 4.78 is 39.5. The second kappa shape index (κ2) is 5.75. The first-order valence-electron chi connectivity index (χ1n) is 6.14. The van der Waals surface area contributed by atoms with Gasteiger partial charge in [-0.15, -0.1) is 0 Å². The van der Waals surface area contributed by atoms with Crippen LogP contribution in [0.4, 0.5) is 4.39 Å². The van der Waals surface area contributed by atoms with Crippen LogP contribution >= 0.6 is 11.6 Å². The van der Waals surface area contributed by atoms with Crippen LogP contribution in [-0.2, 0) is 10.0 Å². The summed E-state index contributed by atoms with van der Waals surface area (Å²) in [5.41, 5.74) is 5.63. The maximum atomic E-state index is 13.1. The van der Waals surface area contributed by atoms with Crippen molar-refractivity contribution >= 4 is 21.6 Å². The molecule has 0 amide bonds. The van der Waals surface area contributed by atoms with Gasteiger partial charge in [-0.05, 0) is 31.0 Å². The molecule has 0 bridgehead atoms. The molecule has 1 heterocycles. The molecule has 2 rings (SSSR count). The molecule has 1 unspecified atom stereocenters. The van der Waals surface area contributed by atoms with Gasteiger partial charge < -0.3 is 5.73 Å². The van der Waals surface area contributed by atoms with Gasteiger partial charge in [-0.2, -0.15) is 4.31 Å². The van der Waals surface area contributed by atoms with E-state index in [1.807, 2.05) is 0 Å². The van der Waals surface area contributed by atoms with Crippen LogP contribution in [0.3, 0.4) is 0 Å². The second-order valence-electron chi connectivity index (χ2n) is 4.58. The van der Waals surface area contributed by atoms with Crippen molar-refractivity contribution in [3.8, 4) is 0 Å². The van der Waals surface area contributed by atoms with Crippen molar-refractivity contribution in [2.24, 2.45) is 5.73 Å². The Morgan fingerprint density at radius 3 is 2.79 bits per heavy atom. The van der Waals surface area contributed by atoms with E-state index in [4.69, 9.17) is 17.3 Å². The minimum atomic E-state index is -3.66. The topological polar surface area (TPSA) is 63.4 Å². The van der Waals surface area contributed by atoms with E-state index in [2.05, 4.69) is 0 Å². The minimum Gasteiger partial charge on any atom is -0.329 e. The highest BCUT2D eigenvalue weighted by Gasteiger charge is 2.32. The van der Waals surface area contributed by atoms with Gasteiger partial charge in [-0.1, -0.05) is 18.0 Å². The Balaban J connectivity index is 2.37. The third-order valence-corrected chi connectivity index (χ3v) is 5.58. The Labute approximate surface area is 117 Å². The number of hydrogen-bond acceptors (Lipinski definition) is 3. The molecule has 2 N–H and O–H groups in total. The van der Waals surface area contributed by atoms with Crippen molar-refractivity contribution in [3.63, 3.8) is 0 Å². The van der Waals surface area contributed by atoms with Gasteiger partial charge in [0, 0.05) is 19.1 Å². The Kier molecular flexibility index (Phi) is 4.45. The molecule has 7 heteroatoms. The summed E-state index contributed by atoms with van der Waals surface area (Å²) in [4.78, 5) is 0.0132. The zero-order valence-electron chi connectivity index (χ0n) is 10.4. The summed E-state index contributed by atoms with van der Waals surface area (Å²) in [6, 6.07) is 3.26. The summed E-state index contributed by atoms with van der Waals surface area (Å²) in [6.07, 6.45) is 2.54. The number of halogens is 2. The van der Waals surface area contributed by atoms with Crippen molar-refractivity contribution in [2.75, 3.05) is 13.1 Å². The SMILES string of the molecule is NCC1CCCCN1S(=O)(=O)c1ccc(F)c(Cl)c1. The van der Waals surface area contributed by atoms with Gasteiger partial charge >= 0.3 is 0 Å². The lowest BCUT2D eigenvalue weighted by atomic mass is 10.1. The molecule has 0 aromatic heterocycles. The Hall–Kier alpha value is -0.690. The maximum Gasteiger partial charge on any atom is 0.243 e. The summed E-state index contributed by atoms with van der Waals surface area (Å²) in [5.74, 6) is -0.630. The van der Waals surface area contributed by atoms with Gasteiger partial charge in [0.05, 0.1) is 9.92 Å². The Morgan fingerprint density at radius 1 is 1.42 bits per heavy atom. The van der Waals surface area contributed by atoms with Crippen LogP contribution in [-0.4, -0.2) is 31.9 Å². The number of rotatable bonds is 3. The molecule has 1 aliphatic heterocycles. The van der Waals surface area contributed by atoms with E-state index in [9.17, 15) is 12.8 Å². The van der Waals surface area contributed by atoms with Gasteiger partial charge in [0.2, 0.25) is 10.0 Å². The number of nitrogens with zero attached hydrogens (tertiary/aromatic N) is 1. The fraction of sp³-hybridized carbons (Fsp3) is 0.500. The number of sulfonamides is 1. The molecule has 1 aromatic rings. The molecule has 4 nitrogen and oxygen atoms in total. The van der Waals surface area contributed by atoms with Gasteiger partial charge in [0.25, 0.3) is 0 Å². The lowest BCUT2D eigenvalue weighted by Gasteiger charge is -2.33. The molecule has 0 aliphatic carbocycles. The third kappa shape index (κ3) is 2.91. The Bertz CT molecular complexity index is 565. The number of benzene rings is 1. The van der Waals surface area contributed by atoms with Crippen molar-refractivity contribution in [1.29, 1.82) is 0 Å². The number of nitrogens with two attached hydrogens (primary N) is 1. The zero-order valence-corrected chi connectivity index (χ0v) is 11.9. The first-order chi connectivity index (χ1) is 8.96. The molecular formula is C12H16ClFN2O2S. The minimum absolute atomic E-state index is 0.0132. The fourth-order valence-electron chi connectivity index (χ4n) is 2.30. The predicted molar refractivity (Wildman–Crippen MR) is 72.0 cm³/mol. The smallest absolute Gasteiger partial charge is 0.243 e. The van der Waals surface area contributed by atoms with Gasteiger partial charge in [-0.25, -0.2) is 12.8 Å². The van der Waals surface area contributed by atoms with Crippen LogP contribution in [0, 0.1) is 5.82 Å². The zero-order chi connectivity index (χ0) is 14.0. The van der Waals surface area contributed by atoms with Crippen molar-refractivity contribution in [3.05, 3.63) is 29.0 Å². The highest BCUT2D eigenvalue weighted by atomic mass is 35.5. The van der Waals surface area contributed by atoms with Crippen molar-refractivity contribution < 1.29 is 12.8 Å². The molecule has 1 saturated heterocycles. The number of hydrogen-bond donors (Lipinski definition) is 1. The predicted octanol–water partition coefficient (Wildman–Crippen LogP) is 1.98. The van der Waals surface area contributed by atoms with E-state index in [0.717, 1.165) is 31.4 Å². The lowest BCUT2D eigenvalue weighted by molar-refractivity contribution is 0.257. The van der Waals surface area contributed by atoms with Crippen LogP contribution < -0.4 is 5.73 Å². The van der Waals surface area contributed by atoms with E-state index in [1.54, 1.807) is 0 Å². The van der Waals surface area contributed by atoms with E-state index < -0.39 is 15.8 Å². The molecular weight excluding hydrogens is 291 g/mol. The quantitative estimate of drug-likeness (QED) is 0.929. The first-order valence-corrected chi connectivity index (χ1v) is 7.95. The summed E-state index contributed by atoms with van der Waals surface area (Å²) >= 11 is 5.65. The standard InChI is InChI=1S/C12H16ClFN2O2S/c13-11-7-10(4-5-12(11)14)19(17,18)16-6-2-1-3-9(16)8-15/h4-5,7,9H,1-3,6,8,15H2. The highest BCUT2D eigenvalue weighted by Crippen LogP contribution is 2.27. The third-order valence-electron chi connectivity index (χ3n) is 3.34. The maximum absolute atomic E-state index is 13.1. The largest absolute Gasteiger partial charge is 0.329 e. The average molecular weight is 307 g/mol. The van der Waals surface area contributed by atoms with Gasteiger partial charge in [-0.3, -0.25) is 0 Å². The average Bonchev–Trinajstić information content (AvgIpc) is 2.41. The molecule has 106 valence electrons. The van der Waals surface area contributed by atoms with Crippen molar-refractivity contribution in [1.82, 2.24) is 4.31 Å². The molecule has 0 saturated carbocycles. The molecule has 0 spiro atoms. The van der Waals surface area contributed by atoms with Gasteiger partial charge in [0.15, 0.2) is 0 Å². The normalized spacial score (nSPS) is 21.5. The van der Waals surface area contributed by atoms with Crippen LogP contribution in [0.15, 0.2) is 23.1 Å². The van der Waals surface area contributed by atoms with Crippen LogP contribution in [0.1, 0.15) is 19.3 Å². The number of piperidine rings is 1. The molecule has 0 radical (unpaired) electrons. The summed E-state index contributed by atoms with van der Waals surface area (Å²) in [7, 11) is -3.66. The fourth-order valence-corrected chi connectivity index (χ4v) is 4.27. The summed E-state index contributed by atoms with van der Waals surface area (Å²) in [6.45, 7) is 0.730. The van der Waals surface area contributed by atoms with Crippen molar-refractivity contribution in [2.45, 2.75) is 30.2 Å². The second-order valence-corrected chi connectivity index (χ2v) is 6.87. The highest BCUT2D eigenvalue weighted by molar-refractivity contribution is 7.89. The van der Waals surface area contributed by atoms with Crippen LogP contribution in [0.5, 0.6) is 0 Å². The van der Waals surface area contributed by atoms with E-state index in [1.165, 1.54) is 10.4 Å². The first kappa shape index (κ1) is 14.7. The van der Waals surface area contributed by atoms with E-state index >= 15 is 0 Å². The van der Waals surface area contributed by atoms with Crippen LogP contribution in [0.25, 0.3) is 0 Å².